The molecule has 0 aromatic heterocycles. The van der Waals surface area contributed by atoms with Crippen molar-refractivity contribution in [2.75, 3.05) is 11.8 Å². The smallest absolute Gasteiger partial charge is 0.262 e. The Morgan fingerprint density at radius 2 is 1.96 bits per heavy atom. The number of benzene rings is 2. The average molecular weight is 339 g/mol. The van der Waals surface area contributed by atoms with Gasteiger partial charge in [0.1, 0.15) is 12.1 Å². The Hall–Kier alpha value is -2.61. The van der Waals surface area contributed by atoms with Gasteiger partial charge in [-0.15, -0.1) is 0 Å². The molecule has 2 N–H and O–H groups in total. The van der Waals surface area contributed by atoms with Crippen LogP contribution < -0.4 is 9.46 Å². The number of carbonyl (C=O) groups excluding carboxylic acids is 1. The number of rotatable bonds is 5. The highest BCUT2D eigenvalue weighted by atomic mass is 32.2. The van der Waals surface area contributed by atoms with Crippen molar-refractivity contribution < 1.29 is 27.4 Å². The lowest BCUT2D eigenvalue weighted by atomic mass is 10.2. The van der Waals surface area contributed by atoms with E-state index < -0.39 is 21.6 Å². The summed E-state index contributed by atoms with van der Waals surface area (Å²) < 4.78 is 45.1. The summed E-state index contributed by atoms with van der Waals surface area (Å²) in [5.41, 5.74) is 0.163. The minimum absolute atomic E-state index is 0.0672. The number of ether oxygens (including phenoxy) is 1. The molecule has 0 amide bonds. The summed E-state index contributed by atoms with van der Waals surface area (Å²) in [6.07, 6.45) is 0.477. The van der Waals surface area contributed by atoms with E-state index in [0.29, 0.717) is 11.8 Å². The third-order valence-corrected chi connectivity index (χ3v) is 4.51. The predicted molar refractivity (Wildman–Crippen MR) is 82.0 cm³/mol. The fourth-order valence-electron chi connectivity index (χ4n) is 1.88. The maximum absolute atomic E-state index is 13.6. The Balaban J connectivity index is 2.48. The first-order valence-corrected chi connectivity index (χ1v) is 7.92. The molecule has 2 rings (SSSR count). The van der Waals surface area contributed by atoms with Gasteiger partial charge in [0.05, 0.1) is 17.7 Å². The van der Waals surface area contributed by atoms with Crippen LogP contribution in [0.5, 0.6) is 11.5 Å². The minimum Gasteiger partial charge on any atom is -0.503 e. The lowest BCUT2D eigenvalue weighted by Gasteiger charge is -2.13. The minimum atomic E-state index is -4.15. The normalized spacial score (nSPS) is 11.1. The van der Waals surface area contributed by atoms with Gasteiger partial charge in [0, 0.05) is 5.56 Å². The fourth-order valence-corrected chi connectivity index (χ4v) is 2.94. The van der Waals surface area contributed by atoms with Crippen LogP contribution in [-0.2, 0) is 10.0 Å². The zero-order valence-corrected chi connectivity index (χ0v) is 13.1. The highest BCUT2D eigenvalue weighted by Crippen LogP contribution is 2.36. The fraction of sp³-hybridized carbons (Fsp3) is 0.133. The van der Waals surface area contributed by atoms with Gasteiger partial charge in [-0.25, -0.2) is 12.8 Å². The zero-order valence-electron chi connectivity index (χ0n) is 12.3. The van der Waals surface area contributed by atoms with E-state index in [1.807, 2.05) is 0 Å². The molecule has 0 saturated carbocycles. The number of aldehydes is 1. The van der Waals surface area contributed by atoms with E-state index in [0.717, 1.165) is 12.1 Å². The van der Waals surface area contributed by atoms with E-state index in [2.05, 4.69) is 4.72 Å². The molecule has 0 aliphatic carbocycles. The number of phenols is 1. The van der Waals surface area contributed by atoms with Crippen molar-refractivity contribution in [3.05, 3.63) is 47.3 Å². The average Bonchev–Trinajstić information content (AvgIpc) is 2.51. The number of nitrogens with one attached hydrogen (secondary N) is 1. The van der Waals surface area contributed by atoms with E-state index in [9.17, 15) is 22.7 Å². The number of aryl methyl sites for hydroxylation is 1. The first-order chi connectivity index (χ1) is 10.8. The number of halogens is 1. The Labute approximate surface area is 132 Å². The second-order valence-electron chi connectivity index (χ2n) is 4.75. The van der Waals surface area contributed by atoms with E-state index >= 15 is 0 Å². The Bertz CT molecular complexity index is 864. The number of methoxy groups -OCH3 is 1. The topological polar surface area (TPSA) is 92.7 Å². The van der Waals surface area contributed by atoms with Crippen molar-refractivity contribution in [1.29, 1.82) is 0 Å². The van der Waals surface area contributed by atoms with Gasteiger partial charge < -0.3 is 9.84 Å². The second-order valence-corrected chi connectivity index (χ2v) is 6.44. The third-order valence-electron chi connectivity index (χ3n) is 3.15. The molecule has 0 saturated heterocycles. The monoisotopic (exact) mass is 339 g/mol. The molecule has 2 aromatic rings. The van der Waals surface area contributed by atoms with Crippen LogP contribution in [0.25, 0.3) is 0 Å². The van der Waals surface area contributed by atoms with Gasteiger partial charge in [-0.3, -0.25) is 9.52 Å². The Morgan fingerprint density at radius 1 is 1.26 bits per heavy atom. The molecule has 0 bridgehead atoms. The molecule has 0 aliphatic heterocycles. The summed E-state index contributed by atoms with van der Waals surface area (Å²) in [7, 11) is -2.89. The number of phenolic OH excluding ortho intramolecular Hbond substituents is 1. The first-order valence-electron chi connectivity index (χ1n) is 6.43. The molecule has 8 heteroatoms. The van der Waals surface area contributed by atoms with Gasteiger partial charge in [-0.05, 0) is 36.8 Å². The van der Waals surface area contributed by atoms with Crippen molar-refractivity contribution in [3.8, 4) is 11.5 Å². The second kappa shape index (κ2) is 6.25. The van der Waals surface area contributed by atoms with Crippen LogP contribution >= 0.6 is 0 Å². The standard InChI is InChI=1S/C15H14FNO5S/c1-9-3-4-11(7-12(9)16)23(20,21)17-13-5-10(8-18)6-14(22-2)15(13)19/h3-8,17,19H,1-2H3. The maximum Gasteiger partial charge on any atom is 0.262 e. The summed E-state index contributed by atoms with van der Waals surface area (Å²) >= 11 is 0. The van der Waals surface area contributed by atoms with Crippen molar-refractivity contribution in [2.24, 2.45) is 0 Å². The molecule has 0 unspecified atom stereocenters. The molecule has 0 heterocycles. The molecule has 23 heavy (non-hydrogen) atoms. The van der Waals surface area contributed by atoms with Crippen LogP contribution in [-0.4, -0.2) is 26.9 Å². The molecule has 0 atom stereocenters. The summed E-state index contributed by atoms with van der Waals surface area (Å²) in [6, 6.07) is 5.83. The first kappa shape index (κ1) is 16.8. The van der Waals surface area contributed by atoms with Crippen LogP contribution in [0.2, 0.25) is 0 Å². The van der Waals surface area contributed by atoms with Gasteiger partial charge in [0.25, 0.3) is 10.0 Å². The van der Waals surface area contributed by atoms with Crippen molar-refractivity contribution in [1.82, 2.24) is 0 Å². The van der Waals surface area contributed by atoms with E-state index in [1.54, 1.807) is 0 Å². The highest BCUT2D eigenvalue weighted by Gasteiger charge is 2.20. The third kappa shape index (κ3) is 3.42. The Kier molecular flexibility index (Phi) is 4.55. The largest absolute Gasteiger partial charge is 0.503 e. The van der Waals surface area contributed by atoms with Crippen LogP contribution in [0.15, 0.2) is 35.2 Å². The number of aromatic hydroxyl groups is 1. The van der Waals surface area contributed by atoms with Gasteiger partial charge in [-0.1, -0.05) is 6.07 Å². The summed E-state index contributed by atoms with van der Waals surface area (Å²) in [6.45, 7) is 1.50. The van der Waals surface area contributed by atoms with E-state index in [1.165, 1.54) is 32.2 Å². The van der Waals surface area contributed by atoms with Gasteiger partial charge in [-0.2, -0.15) is 0 Å². The lowest BCUT2D eigenvalue weighted by Crippen LogP contribution is -2.14. The highest BCUT2D eigenvalue weighted by molar-refractivity contribution is 7.92. The van der Waals surface area contributed by atoms with Crippen LogP contribution in [0.4, 0.5) is 10.1 Å². The van der Waals surface area contributed by atoms with E-state index in [-0.39, 0.29) is 21.9 Å². The predicted octanol–water partition coefficient (Wildman–Crippen LogP) is 2.46. The van der Waals surface area contributed by atoms with Gasteiger partial charge >= 0.3 is 0 Å². The van der Waals surface area contributed by atoms with Crippen molar-refractivity contribution in [3.63, 3.8) is 0 Å². The van der Waals surface area contributed by atoms with E-state index in [4.69, 9.17) is 4.74 Å². The molecule has 0 radical (unpaired) electrons. The van der Waals surface area contributed by atoms with Crippen LogP contribution in [0, 0.1) is 12.7 Å². The van der Waals surface area contributed by atoms with Crippen LogP contribution in [0.3, 0.4) is 0 Å². The molecular formula is C15H14FNO5S. The molecule has 2 aromatic carbocycles. The van der Waals surface area contributed by atoms with Crippen molar-refractivity contribution in [2.45, 2.75) is 11.8 Å². The SMILES string of the molecule is COc1cc(C=O)cc(NS(=O)(=O)c2ccc(C)c(F)c2)c1O. The summed E-state index contributed by atoms with van der Waals surface area (Å²) in [4.78, 5) is 10.6. The molecule has 0 fully saturated rings. The van der Waals surface area contributed by atoms with Crippen LogP contribution in [0.1, 0.15) is 15.9 Å². The number of hydrogen-bond acceptors (Lipinski definition) is 5. The zero-order chi connectivity index (χ0) is 17.2. The van der Waals surface area contributed by atoms with Gasteiger partial charge in [0.2, 0.25) is 0 Å². The number of hydrogen-bond donors (Lipinski definition) is 2. The summed E-state index contributed by atoms with van der Waals surface area (Å²) in [5.74, 6) is -1.21. The molecule has 6 nitrogen and oxygen atoms in total. The number of carbonyl (C=O) groups is 1. The number of sulfonamides is 1. The molecule has 0 spiro atoms. The Morgan fingerprint density at radius 3 is 2.52 bits per heavy atom. The summed E-state index contributed by atoms with van der Waals surface area (Å²) in [5, 5.41) is 9.98. The molecule has 0 aliphatic rings. The lowest BCUT2D eigenvalue weighted by molar-refractivity contribution is 0.112. The molecule has 122 valence electrons. The quantitative estimate of drug-likeness (QED) is 0.645. The van der Waals surface area contributed by atoms with Crippen molar-refractivity contribution >= 4 is 22.0 Å². The van der Waals surface area contributed by atoms with Gasteiger partial charge in [0.15, 0.2) is 11.5 Å². The number of anilines is 1. The molecular weight excluding hydrogens is 325 g/mol. The maximum atomic E-state index is 13.6.